The normalized spacial score (nSPS) is 15.1. The van der Waals surface area contributed by atoms with Gasteiger partial charge in [-0.15, -0.1) is 0 Å². The largest absolute Gasteiger partial charge is 0.497 e. The lowest BCUT2D eigenvalue weighted by Crippen LogP contribution is -2.37. The van der Waals surface area contributed by atoms with Crippen molar-refractivity contribution in [3.63, 3.8) is 0 Å². The van der Waals surface area contributed by atoms with Crippen LogP contribution in [0.5, 0.6) is 17.2 Å². The van der Waals surface area contributed by atoms with E-state index in [0.717, 1.165) is 11.1 Å². The highest BCUT2D eigenvalue weighted by atomic mass is 19.1. The zero-order valence-electron chi connectivity index (χ0n) is 19.1. The zero-order chi connectivity index (χ0) is 24.2. The van der Waals surface area contributed by atoms with Gasteiger partial charge in [-0.05, 0) is 55.0 Å². The second-order valence-electron chi connectivity index (χ2n) is 7.92. The molecule has 3 aromatic rings. The monoisotopic (exact) mass is 464 g/mol. The van der Waals surface area contributed by atoms with E-state index >= 15 is 0 Å². The van der Waals surface area contributed by atoms with E-state index in [1.54, 1.807) is 60.4 Å². The maximum atomic E-state index is 13.3. The van der Waals surface area contributed by atoms with Crippen molar-refractivity contribution in [2.24, 2.45) is 0 Å². The van der Waals surface area contributed by atoms with Gasteiger partial charge in [-0.1, -0.05) is 12.1 Å². The van der Waals surface area contributed by atoms with E-state index in [4.69, 9.17) is 14.2 Å². The SMILES string of the molecule is COc1ccc(C(=O)Nc2ccc3c(c2)CN(Cc2ccc(F)cc2)C(=O)[C@@H](C)O3)c(OC)c1. The third-order valence-corrected chi connectivity index (χ3v) is 5.58. The summed E-state index contributed by atoms with van der Waals surface area (Å²) in [7, 11) is 3.02. The van der Waals surface area contributed by atoms with E-state index < -0.39 is 6.10 Å². The molecular weight excluding hydrogens is 439 g/mol. The van der Waals surface area contributed by atoms with Crippen LogP contribution in [-0.2, 0) is 17.9 Å². The number of benzene rings is 3. The first kappa shape index (κ1) is 23.1. The maximum absolute atomic E-state index is 13.3. The first-order valence-corrected chi connectivity index (χ1v) is 10.7. The van der Waals surface area contributed by atoms with Crippen LogP contribution in [0.15, 0.2) is 60.7 Å². The lowest BCUT2D eigenvalue weighted by atomic mass is 10.1. The molecule has 7 nitrogen and oxygen atoms in total. The van der Waals surface area contributed by atoms with Gasteiger partial charge in [-0.3, -0.25) is 9.59 Å². The minimum absolute atomic E-state index is 0.172. The predicted molar refractivity (Wildman–Crippen MR) is 125 cm³/mol. The highest BCUT2D eigenvalue weighted by molar-refractivity contribution is 6.06. The molecular formula is C26H25FN2O5. The number of amides is 2. The highest BCUT2D eigenvalue weighted by Gasteiger charge is 2.28. The minimum Gasteiger partial charge on any atom is -0.497 e. The van der Waals surface area contributed by atoms with Crippen LogP contribution in [0.25, 0.3) is 0 Å². The van der Waals surface area contributed by atoms with Crippen LogP contribution < -0.4 is 19.5 Å². The predicted octanol–water partition coefficient (Wildman–Crippen LogP) is 4.40. The van der Waals surface area contributed by atoms with Gasteiger partial charge in [0.1, 0.15) is 23.1 Å². The lowest BCUT2D eigenvalue weighted by molar-refractivity contribution is -0.138. The fraction of sp³-hybridized carbons (Fsp3) is 0.231. The first-order chi connectivity index (χ1) is 16.4. The minimum atomic E-state index is -0.675. The Labute approximate surface area is 197 Å². The van der Waals surface area contributed by atoms with Crippen molar-refractivity contribution in [1.29, 1.82) is 0 Å². The van der Waals surface area contributed by atoms with Crippen molar-refractivity contribution in [2.75, 3.05) is 19.5 Å². The Balaban J connectivity index is 1.56. The van der Waals surface area contributed by atoms with Crippen molar-refractivity contribution < 1.29 is 28.2 Å². The number of methoxy groups -OCH3 is 2. The Morgan fingerprint density at radius 2 is 1.85 bits per heavy atom. The van der Waals surface area contributed by atoms with Crippen LogP contribution in [-0.4, -0.2) is 37.0 Å². The Hall–Kier alpha value is -4.07. The number of nitrogens with one attached hydrogen (secondary N) is 1. The summed E-state index contributed by atoms with van der Waals surface area (Å²) < 4.78 is 29.6. The van der Waals surface area contributed by atoms with Gasteiger partial charge in [0.15, 0.2) is 6.10 Å². The number of hydrogen-bond acceptors (Lipinski definition) is 5. The van der Waals surface area contributed by atoms with Crippen molar-refractivity contribution in [3.05, 3.63) is 83.2 Å². The average Bonchev–Trinajstić information content (AvgIpc) is 2.96. The van der Waals surface area contributed by atoms with Gasteiger partial charge in [0.25, 0.3) is 11.8 Å². The summed E-state index contributed by atoms with van der Waals surface area (Å²) in [6, 6.07) is 16.2. The van der Waals surface area contributed by atoms with Crippen LogP contribution in [0.1, 0.15) is 28.4 Å². The van der Waals surface area contributed by atoms with Crippen LogP contribution in [0.3, 0.4) is 0 Å². The van der Waals surface area contributed by atoms with Crippen LogP contribution >= 0.6 is 0 Å². The van der Waals surface area contributed by atoms with E-state index in [-0.39, 0.29) is 24.2 Å². The third kappa shape index (κ3) is 4.96. The second kappa shape index (κ2) is 9.82. The molecule has 34 heavy (non-hydrogen) atoms. The molecule has 0 radical (unpaired) electrons. The van der Waals surface area contributed by atoms with Crippen LogP contribution in [0.2, 0.25) is 0 Å². The number of nitrogens with zero attached hydrogens (tertiary/aromatic N) is 1. The summed E-state index contributed by atoms with van der Waals surface area (Å²) in [5.74, 6) is 0.690. The van der Waals surface area contributed by atoms with Gasteiger partial charge < -0.3 is 24.4 Å². The molecule has 1 aliphatic heterocycles. The first-order valence-electron chi connectivity index (χ1n) is 10.7. The molecule has 0 aromatic heterocycles. The van der Waals surface area contributed by atoms with E-state index in [1.165, 1.54) is 26.4 Å². The number of ether oxygens (including phenoxy) is 3. The van der Waals surface area contributed by atoms with E-state index in [9.17, 15) is 14.0 Å². The number of hydrogen-bond donors (Lipinski definition) is 1. The molecule has 8 heteroatoms. The number of rotatable bonds is 6. The molecule has 1 atom stereocenters. The number of fused-ring (bicyclic) bond motifs is 1. The second-order valence-corrected chi connectivity index (χ2v) is 7.92. The van der Waals surface area contributed by atoms with E-state index in [1.807, 2.05) is 0 Å². The molecule has 0 unspecified atom stereocenters. The van der Waals surface area contributed by atoms with Gasteiger partial charge in [0, 0.05) is 30.4 Å². The van der Waals surface area contributed by atoms with Gasteiger partial charge >= 0.3 is 0 Å². The summed E-state index contributed by atoms with van der Waals surface area (Å²) in [4.78, 5) is 27.5. The Bertz CT molecular complexity index is 1210. The maximum Gasteiger partial charge on any atom is 0.263 e. The molecule has 1 heterocycles. The van der Waals surface area contributed by atoms with Gasteiger partial charge in [0.2, 0.25) is 0 Å². The van der Waals surface area contributed by atoms with Gasteiger partial charge in [0.05, 0.1) is 19.8 Å². The standard InChI is InChI=1S/C26H25FN2O5/c1-16-26(31)29(14-17-4-6-19(27)7-5-17)15-18-12-20(8-11-23(18)34-16)28-25(30)22-10-9-21(32-2)13-24(22)33-3/h4-13,16H,14-15H2,1-3H3,(H,28,30)/t16-/m1/s1. The molecule has 0 spiro atoms. The Morgan fingerprint density at radius 1 is 1.09 bits per heavy atom. The molecule has 0 bridgehead atoms. The van der Waals surface area contributed by atoms with Crippen molar-refractivity contribution in [2.45, 2.75) is 26.1 Å². The molecule has 4 rings (SSSR count). The molecule has 3 aromatic carbocycles. The summed E-state index contributed by atoms with van der Waals surface area (Å²) in [5.41, 5.74) is 2.46. The quantitative estimate of drug-likeness (QED) is 0.585. The Morgan fingerprint density at radius 3 is 2.56 bits per heavy atom. The van der Waals surface area contributed by atoms with E-state index in [2.05, 4.69) is 5.32 Å². The molecule has 1 N–H and O–H groups in total. The van der Waals surface area contributed by atoms with Gasteiger partial charge in [-0.2, -0.15) is 0 Å². The lowest BCUT2D eigenvalue weighted by Gasteiger charge is -2.22. The Kier molecular flexibility index (Phi) is 6.67. The highest BCUT2D eigenvalue weighted by Crippen LogP contribution is 2.30. The van der Waals surface area contributed by atoms with E-state index in [0.29, 0.717) is 35.0 Å². The van der Waals surface area contributed by atoms with Crippen LogP contribution in [0, 0.1) is 5.82 Å². The molecule has 1 aliphatic rings. The number of halogens is 1. The van der Waals surface area contributed by atoms with Crippen LogP contribution in [0.4, 0.5) is 10.1 Å². The van der Waals surface area contributed by atoms with Crippen molar-refractivity contribution >= 4 is 17.5 Å². The molecule has 0 aliphatic carbocycles. The topological polar surface area (TPSA) is 77.1 Å². The smallest absolute Gasteiger partial charge is 0.263 e. The summed E-state index contributed by atoms with van der Waals surface area (Å²) in [5, 5.41) is 2.87. The molecule has 0 saturated heterocycles. The number of carbonyl (C=O) groups excluding carboxylic acids is 2. The summed E-state index contributed by atoms with van der Waals surface area (Å²) in [6.45, 7) is 2.29. The summed E-state index contributed by atoms with van der Waals surface area (Å²) >= 11 is 0. The molecule has 0 fully saturated rings. The third-order valence-electron chi connectivity index (χ3n) is 5.58. The fourth-order valence-corrected chi connectivity index (χ4v) is 3.81. The molecule has 0 saturated carbocycles. The molecule has 176 valence electrons. The van der Waals surface area contributed by atoms with Gasteiger partial charge in [-0.25, -0.2) is 4.39 Å². The fourth-order valence-electron chi connectivity index (χ4n) is 3.81. The average molecular weight is 464 g/mol. The molecule has 2 amide bonds. The van der Waals surface area contributed by atoms with Crippen molar-refractivity contribution in [3.8, 4) is 17.2 Å². The summed E-state index contributed by atoms with van der Waals surface area (Å²) in [6.07, 6.45) is -0.675. The number of anilines is 1. The van der Waals surface area contributed by atoms with Crippen molar-refractivity contribution in [1.82, 2.24) is 4.90 Å². The zero-order valence-corrected chi connectivity index (χ0v) is 19.1. The number of carbonyl (C=O) groups is 2.